The average Bonchev–Trinajstić information content (AvgIpc) is 2.86. The van der Waals surface area contributed by atoms with E-state index in [1.165, 1.54) is 19.2 Å². The Morgan fingerprint density at radius 2 is 1.88 bits per heavy atom. The quantitative estimate of drug-likeness (QED) is 0.592. The number of methoxy groups -OCH3 is 1. The molecular formula is C16H11ClF4N2O. The first kappa shape index (κ1) is 16.6. The van der Waals surface area contributed by atoms with Crippen molar-refractivity contribution in [3.63, 3.8) is 0 Å². The van der Waals surface area contributed by atoms with E-state index < -0.39 is 17.8 Å². The number of halogens is 5. The van der Waals surface area contributed by atoms with E-state index >= 15 is 0 Å². The molecule has 0 amide bonds. The zero-order valence-electron chi connectivity index (χ0n) is 12.6. The third-order valence-corrected chi connectivity index (χ3v) is 3.88. The maximum atomic E-state index is 13.8. The summed E-state index contributed by atoms with van der Waals surface area (Å²) in [5.41, 5.74) is 0.697. The van der Waals surface area contributed by atoms with E-state index in [4.69, 9.17) is 16.3 Å². The summed E-state index contributed by atoms with van der Waals surface area (Å²) in [6.07, 6.45) is -4.71. The van der Waals surface area contributed by atoms with Gasteiger partial charge in [-0.25, -0.2) is 9.37 Å². The summed E-state index contributed by atoms with van der Waals surface area (Å²) in [7, 11) is 1.46. The van der Waals surface area contributed by atoms with Gasteiger partial charge >= 0.3 is 6.18 Å². The van der Waals surface area contributed by atoms with Crippen LogP contribution in [0.1, 0.15) is 11.4 Å². The molecule has 0 radical (unpaired) electrons. The second-order valence-corrected chi connectivity index (χ2v) is 5.58. The Balaban J connectivity index is 2.38. The monoisotopic (exact) mass is 358 g/mol. The number of alkyl halides is 3. The Morgan fingerprint density at radius 1 is 1.17 bits per heavy atom. The maximum Gasteiger partial charge on any atom is 0.450 e. The summed E-state index contributed by atoms with van der Waals surface area (Å²) in [6.45, 7) is 1.64. The molecule has 0 saturated heterocycles. The van der Waals surface area contributed by atoms with Crippen LogP contribution in [0.5, 0.6) is 5.75 Å². The van der Waals surface area contributed by atoms with Gasteiger partial charge in [0.25, 0.3) is 0 Å². The van der Waals surface area contributed by atoms with Gasteiger partial charge < -0.3 is 4.74 Å². The number of rotatable bonds is 2. The molecule has 24 heavy (non-hydrogen) atoms. The summed E-state index contributed by atoms with van der Waals surface area (Å²) >= 11 is 5.66. The minimum atomic E-state index is -4.71. The molecular weight excluding hydrogens is 348 g/mol. The Hall–Kier alpha value is -2.28. The topological polar surface area (TPSA) is 27.1 Å². The fourth-order valence-electron chi connectivity index (χ4n) is 2.51. The van der Waals surface area contributed by atoms with Gasteiger partial charge in [0, 0.05) is 6.07 Å². The molecule has 0 unspecified atom stereocenters. The van der Waals surface area contributed by atoms with Gasteiger partial charge in [0.2, 0.25) is 5.82 Å². The van der Waals surface area contributed by atoms with E-state index in [1.807, 2.05) is 0 Å². The molecule has 0 aliphatic carbocycles. The summed E-state index contributed by atoms with van der Waals surface area (Å²) in [5, 5.41) is -0.285. The van der Waals surface area contributed by atoms with Crippen LogP contribution in [0.25, 0.3) is 16.7 Å². The Morgan fingerprint density at radius 3 is 2.46 bits per heavy atom. The van der Waals surface area contributed by atoms with Crippen molar-refractivity contribution in [2.75, 3.05) is 7.11 Å². The number of hydrogen-bond acceptors (Lipinski definition) is 2. The van der Waals surface area contributed by atoms with Crippen LogP contribution in [0.15, 0.2) is 30.3 Å². The second-order valence-electron chi connectivity index (χ2n) is 5.18. The van der Waals surface area contributed by atoms with Crippen molar-refractivity contribution in [2.24, 2.45) is 0 Å². The van der Waals surface area contributed by atoms with E-state index in [9.17, 15) is 17.6 Å². The molecule has 1 aromatic heterocycles. The Bertz CT molecular complexity index is 934. The number of aromatic nitrogens is 2. The molecule has 3 nitrogen and oxygen atoms in total. The van der Waals surface area contributed by atoms with Crippen LogP contribution in [0.2, 0.25) is 5.02 Å². The molecule has 0 spiro atoms. The number of benzene rings is 2. The maximum absolute atomic E-state index is 13.8. The predicted octanol–water partition coefficient (Wildman–Crippen LogP) is 5.15. The van der Waals surface area contributed by atoms with Gasteiger partial charge in [0.05, 0.1) is 28.9 Å². The Kier molecular flexibility index (Phi) is 3.91. The molecule has 0 aliphatic heterocycles. The van der Waals surface area contributed by atoms with E-state index in [0.29, 0.717) is 11.3 Å². The lowest BCUT2D eigenvalue weighted by atomic mass is 10.1. The first-order valence-electron chi connectivity index (χ1n) is 6.82. The fraction of sp³-hybridized carbons (Fsp3) is 0.188. The van der Waals surface area contributed by atoms with Crippen molar-refractivity contribution in [1.29, 1.82) is 0 Å². The first-order chi connectivity index (χ1) is 11.2. The molecule has 0 atom stereocenters. The normalized spacial score (nSPS) is 12.0. The summed E-state index contributed by atoms with van der Waals surface area (Å²) in [6, 6.07) is 6.62. The minimum Gasteiger partial charge on any atom is -0.497 e. The van der Waals surface area contributed by atoms with Crippen LogP contribution in [0, 0.1) is 12.7 Å². The van der Waals surface area contributed by atoms with Crippen LogP contribution in [-0.4, -0.2) is 16.7 Å². The highest BCUT2D eigenvalue weighted by atomic mass is 35.5. The standard InChI is InChI=1S/C16H11ClF4N2O/c1-8-5-9(24-2)3-4-13(8)23-14-7-11(18)10(17)6-12(14)22-15(23)16(19,20)21/h3-7H,1-2H3. The van der Waals surface area contributed by atoms with Crippen molar-refractivity contribution in [3.05, 3.63) is 52.6 Å². The molecule has 3 aromatic rings. The van der Waals surface area contributed by atoms with E-state index in [-0.39, 0.29) is 21.7 Å². The number of fused-ring (bicyclic) bond motifs is 1. The summed E-state index contributed by atoms with van der Waals surface area (Å²) in [5.74, 6) is -1.46. The van der Waals surface area contributed by atoms with Gasteiger partial charge in [-0.1, -0.05) is 11.6 Å². The van der Waals surface area contributed by atoms with Crippen LogP contribution >= 0.6 is 11.6 Å². The SMILES string of the molecule is COc1ccc(-n2c(C(F)(F)F)nc3cc(Cl)c(F)cc32)c(C)c1. The van der Waals surface area contributed by atoms with Gasteiger partial charge in [-0.15, -0.1) is 0 Å². The smallest absolute Gasteiger partial charge is 0.450 e. The molecule has 2 aromatic carbocycles. The summed E-state index contributed by atoms with van der Waals surface area (Å²) < 4.78 is 60.0. The first-order valence-corrected chi connectivity index (χ1v) is 7.20. The van der Waals surface area contributed by atoms with Crippen LogP contribution in [0.3, 0.4) is 0 Å². The molecule has 0 N–H and O–H groups in total. The fourth-order valence-corrected chi connectivity index (χ4v) is 2.67. The average molecular weight is 359 g/mol. The van der Waals surface area contributed by atoms with Gasteiger partial charge in [0.15, 0.2) is 0 Å². The van der Waals surface area contributed by atoms with E-state index in [2.05, 4.69) is 4.98 Å². The summed E-state index contributed by atoms with van der Waals surface area (Å²) in [4.78, 5) is 3.60. The van der Waals surface area contributed by atoms with Crippen LogP contribution in [0.4, 0.5) is 17.6 Å². The third kappa shape index (κ3) is 2.69. The van der Waals surface area contributed by atoms with E-state index in [1.54, 1.807) is 13.0 Å². The van der Waals surface area contributed by atoms with Crippen molar-refractivity contribution in [3.8, 4) is 11.4 Å². The number of aryl methyl sites for hydroxylation is 1. The number of nitrogens with zero attached hydrogens (tertiary/aromatic N) is 2. The third-order valence-electron chi connectivity index (χ3n) is 3.59. The van der Waals surface area contributed by atoms with Gasteiger partial charge in [-0.2, -0.15) is 13.2 Å². The lowest BCUT2D eigenvalue weighted by Gasteiger charge is -2.14. The van der Waals surface area contributed by atoms with Gasteiger partial charge in [0.1, 0.15) is 11.6 Å². The van der Waals surface area contributed by atoms with Crippen molar-refractivity contribution >= 4 is 22.6 Å². The Labute approximate surface area is 139 Å². The van der Waals surface area contributed by atoms with Crippen molar-refractivity contribution in [2.45, 2.75) is 13.1 Å². The lowest BCUT2D eigenvalue weighted by molar-refractivity contribution is -0.145. The lowest BCUT2D eigenvalue weighted by Crippen LogP contribution is -2.14. The number of imidazole rings is 1. The van der Waals surface area contributed by atoms with Crippen molar-refractivity contribution in [1.82, 2.24) is 9.55 Å². The van der Waals surface area contributed by atoms with E-state index in [0.717, 1.165) is 16.7 Å². The molecule has 3 rings (SSSR count). The number of ether oxygens (including phenoxy) is 1. The number of hydrogen-bond donors (Lipinski definition) is 0. The highest BCUT2D eigenvalue weighted by Gasteiger charge is 2.38. The van der Waals surface area contributed by atoms with Crippen LogP contribution in [-0.2, 0) is 6.18 Å². The zero-order chi connectivity index (χ0) is 17.6. The predicted molar refractivity (Wildman–Crippen MR) is 82.3 cm³/mol. The molecule has 8 heteroatoms. The molecule has 0 aliphatic rings. The largest absolute Gasteiger partial charge is 0.497 e. The molecule has 0 fully saturated rings. The molecule has 1 heterocycles. The zero-order valence-corrected chi connectivity index (χ0v) is 13.3. The van der Waals surface area contributed by atoms with Gasteiger partial charge in [-0.05, 0) is 36.8 Å². The van der Waals surface area contributed by atoms with Gasteiger partial charge in [-0.3, -0.25) is 4.57 Å². The molecule has 0 bridgehead atoms. The van der Waals surface area contributed by atoms with Crippen molar-refractivity contribution < 1.29 is 22.3 Å². The highest BCUT2D eigenvalue weighted by molar-refractivity contribution is 6.31. The molecule has 0 saturated carbocycles. The minimum absolute atomic E-state index is 0.0162. The highest BCUT2D eigenvalue weighted by Crippen LogP contribution is 2.36. The second kappa shape index (κ2) is 5.66. The molecule has 126 valence electrons. The van der Waals surface area contributed by atoms with Crippen LogP contribution < -0.4 is 4.74 Å².